The Balaban J connectivity index is 2.39. The number of morpholine rings is 1. The second-order valence-electron chi connectivity index (χ2n) is 5.10. The maximum absolute atomic E-state index is 12.9. The molecule has 21 heavy (non-hydrogen) atoms. The van der Waals surface area contributed by atoms with Gasteiger partial charge in [-0.3, -0.25) is 0 Å². The number of halogens is 1. The van der Waals surface area contributed by atoms with E-state index in [2.05, 4.69) is 15.9 Å². The predicted molar refractivity (Wildman–Crippen MR) is 84.1 cm³/mol. The molecule has 0 radical (unpaired) electrons. The van der Waals surface area contributed by atoms with E-state index in [4.69, 9.17) is 9.47 Å². The highest BCUT2D eigenvalue weighted by Gasteiger charge is 2.34. The third-order valence-corrected chi connectivity index (χ3v) is 5.57. The van der Waals surface area contributed by atoms with Crippen LogP contribution in [0.2, 0.25) is 0 Å². The van der Waals surface area contributed by atoms with Gasteiger partial charge >= 0.3 is 0 Å². The van der Waals surface area contributed by atoms with Gasteiger partial charge < -0.3 is 9.47 Å². The molecule has 1 aromatic rings. The molecule has 2 atom stereocenters. The Morgan fingerprint density at radius 1 is 1.33 bits per heavy atom. The molecule has 7 heteroatoms. The van der Waals surface area contributed by atoms with Crippen molar-refractivity contribution in [1.29, 1.82) is 0 Å². The van der Waals surface area contributed by atoms with Crippen molar-refractivity contribution < 1.29 is 17.9 Å². The maximum atomic E-state index is 12.9. The lowest BCUT2D eigenvalue weighted by atomic mass is 10.3. The summed E-state index contributed by atoms with van der Waals surface area (Å²) < 4.78 is 39.1. The third kappa shape index (κ3) is 3.77. The van der Waals surface area contributed by atoms with Crippen LogP contribution in [0.5, 0.6) is 5.75 Å². The third-order valence-electron chi connectivity index (χ3n) is 3.21. The molecule has 5 nitrogen and oxygen atoms in total. The zero-order chi connectivity index (χ0) is 15.6. The van der Waals surface area contributed by atoms with Crippen LogP contribution in [0, 0.1) is 0 Å². The molecule has 1 heterocycles. The summed E-state index contributed by atoms with van der Waals surface area (Å²) in [6.45, 7) is 6.71. The zero-order valence-electron chi connectivity index (χ0n) is 12.4. The largest absolute Gasteiger partial charge is 0.492 e. The van der Waals surface area contributed by atoms with Crippen molar-refractivity contribution in [2.45, 2.75) is 37.9 Å². The van der Waals surface area contributed by atoms with E-state index >= 15 is 0 Å². The maximum Gasteiger partial charge on any atom is 0.246 e. The van der Waals surface area contributed by atoms with Crippen LogP contribution >= 0.6 is 15.9 Å². The minimum Gasteiger partial charge on any atom is -0.492 e. The lowest BCUT2D eigenvalue weighted by Crippen LogP contribution is -2.48. The summed E-state index contributed by atoms with van der Waals surface area (Å²) in [5.74, 6) is 0.374. The van der Waals surface area contributed by atoms with Gasteiger partial charge in [0.15, 0.2) is 0 Å². The average Bonchev–Trinajstić information content (AvgIpc) is 2.37. The molecule has 0 unspecified atom stereocenters. The van der Waals surface area contributed by atoms with Crippen LogP contribution in [0.3, 0.4) is 0 Å². The highest BCUT2D eigenvalue weighted by molar-refractivity contribution is 9.10. The van der Waals surface area contributed by atoms with Crippen LogP contribution in [0.15, 0.2) is 27.6 Å². The normalized spacial score (nSPS) is 24.0. The van der Waals surface area contributed by atoms with E-state index in [9.17, 15) is 8.42 Å². The molecule has 1 fully saturated rings. The molecule has 0 bridgehead atoms. The first-order valence-corrected chi connectivity index (χ1v) is 9.16. The predicted octanol–water partition coefficient (Wildman–Crippen LogP) is 2.65. The monoisotopic (exact) mass is 377 g/mol. The Morgan fingerprint density at radius 2 is 1.95 bits per heavy atom. The van der Waals surface area contributed by atoms with Crippen LogP contribution in [0.1, 0.15) is 20.8 Å². The molecule has 1 aliphatic heterocycles. The molecule has 0 aromatic heterocycles. The second kappa shape index (κ2) is 6.64. The van der Waals surface area contributed by atoms with E-state index in [0.717, 1.165) is 4.47 Å². The fourth-order valence-corrected chi connectivity index (χ4v) is 4.47. The zero-order valence-corrected chi connectivity index (χ0v) is 14.8. The van der Waals surface area contributed by atoms with Gasteiger partial charge in [-0.2, -0.15) is 4.31 Å². The van der Waals surface area contributed by atoms with Crippen LogP contribution in [-0.4, -0.2) is 44.6 Å². The fourth-order valence-electron chi connectivity index (χ4n) is 2.43. The van der Waals surface area contributed by atoms with Crippen molar-refractivity contribution >= 4 is 26.0 Å². The van der Waals surface area contributed by atoms with Gasteiger partial charge in [-0.05, 0) is 39.0 Å². The molecule has 1 aliphatic rings. The van der Waals surface area contributed by atoms with Gasteiger partial charge in [-0.1, -0.05) is 15.9 Å². The number of ether oxygens (including phenoxy) is 2. The summed E-state index contributed by atoms with van der Waals surface area (Å²) in [4.78, 5) is 0.203. The van der Waals surface area contributed by atoms with Crippen molar-refractivity contribution in [3.8, 4) is 5.75 Å². The number of benzene rings is 1. The van der Waals surface area contributed by atoms with E-state index in [1.54, 1.807) is 18.2 Å². The minimum atomic E-state index is -3.59. The van der Waals surface area contributed by atoms with Crippen LogP contribution in [-0.2, 0) is 14.8 Å². The molecule has 0 N–H and O–H groups in total. The van der Waals surface area contributed by atoms with Crippen molar-refractivity contribution in [2.24, 2.45) is 0 Å². The van der Waals surface area contributed by atoms with E-state index in [1.807, 2.05) is 20.8 Å². The Morgan fingerprint density at radius 3 is 2.52 bits per heavy atom. The second-order valence-corrected chi connectivity index (χ2v) is 7.93. The van der Waals surface area contributed by atoms with Crippen LogP contribution < -0.4 is 4.74 Å². The molecule has 0 aliphatic carbocycles. The highest BCUT2D eigenvalue weighted by atomic mass is 79.9. The molecular weight excluding hydrogens is 358 g/mol. The topological polar surface area (TPSA) is 55.8 Å². The van der Waals surface area contributed by atoms with Crippen LogP contribution in [0.25, 0.3) is 0 Å². The van der Waals surface area contributed by atoms with Gasteiger partial charge in [0.25, 0.3) is 0 Å². The van der Waals surface area contributed by atoms with E-state index in [0.29, 0.717) is 25.4 Å². The summed E-state index contributed by atoms with van der Waals surface area (Å²) in [5, 5.41) is 0. The molecular formula is C14H20BrNO4S. The number of sulfonamides is 1. The molecule has 0 spiro atoms. The molecule has 0 amide bonds. The lowest BCUT2D eigenvalue weighted by Gasteiger charge is -2.34. The fraction of sp³-hybridized carbons (Fsp3) is 0.571. The summed E-state index contributed by atoms with van der Waals surface area (Å²) in [6, 6.07) is 4.97. The molecule has 2 rings (SSSR count). The molecule has 0 saturated carbocycles. The molecule has 1 aromatic carbocycles. The number of nitrogens with zero attached hydrogens (tertiary/aromatic N) is 1. The van der Waals surface area contributed by atoms with E-state index in [1.165, 1.54) is 4.31 Å². The van der Waals surface area contributed by atoms with Gasteiger partial charge in [0, 0.05) is 17.6 Å². The van der Waals surface area contributed by atoms with Crippen molar-refractivity contribution in [3.63, 3.8) is 0 Å². The molecule has 1 saturated heterocycles. The van der Waals surface area contributed by atoms with Crippen molar-refractivity contribution in [1.82, 2.24) is 4.31 Å². The van der Waals surface area contributed by atoms with Gasteiger partial charge in [-0.25, -0.2) is 8.42 Å². The van der Waals surface area contributed by atoms with Gasteiger partial charge in [-0.15, -0.1) is 0 Å². The van der Waals surface area contributed by atoms with E-state index < -0.39 is 10.0 Å². The first kappa shape index (κ1) is 16.7. The average molecular weight is 378 g/mol. The Labute approximate surface area is 134 Å². The quantitative estimate of drug-likeness (QED) is 0.809. The van der Waals surface area contributed by atoms with Crippen LogP contribution in [0.4, 0.5) is 0 Å². The van der Waals surface area contributed by atoms with E-state index in [-0.39, 0.29) is 17.1 Å². The minimum absolute atomic E-state index is 0.116. The number of hydrogen-bond donors (Lipinski definition) is 0. The summed E-state index contributed by atoms with van der Waals surface area (Å²) in [5.41, 5.74) is 0. The Kier molecular flexibility index (Phi) is 5.29. The van der Waals surface area contributed by atoms with Crippen molar-refractivity contribution in [3.05, 3.63) is 22.7 Å². The van der Waals surface area contributed by atoms with Crippen molar-refractivity contribution in [2.75, 3.05) is 19.7 Å². The molecule has 118 valence electrons. The highest BCUT2D eigenvalue weighted by Crippen LogP contribution is 2.31. The first-order chi connectivity index (χ1) is 9.84. The summed E-state index contributed by atoms with van der Waals surface area (Å²) >= 11 is 3.34. The number of rotatable bonds is 4. The first-order valence-electron chi connectivity index (χ1n) is 6.92. The number of hydrogen-bond acceptors (Lipinski definition) is 4. The van der Waals surface area contributed by atoms with Gasteiger partial charge in [0.1, 0.15) is 10.6 Å². The van der Waals surface area contributed by atoms with Gasteiger partial charge in [0.2, 0.25) is 10.0 Å². The smallest absolute Gasteiger partial charge is 0.246 e. The Bertz CT molecular complexity index is 595. The van der Waals surface area contributed by atoms with Gasteiger partial charge in [0.05, 0.1) is 18.8 Å². The lowest BCUT2D eigenvalue weighted by molar-refractivity contribution is -0.0441. The summed E-state index contributed by atoms with van der Waals surface area (Å²) in [6.07, 6.45) is -0.232. The SMILES string of the molecule is CCOc1cc(Br)ccc1S(=O)(=O)N1C[C@H](C)O[C@@H](C)C1. The summed E-state index contributed by atoms with van der Waals surface area (Å²) in [7, 11) is -3.59. The standard InChI is InChI=1S/C14H20BrNO4S/c1-4-19-13-7-12(15)5-6-14(13)21(17,18)16-8-10(2)20-11(3)9-16/h5-7,10-11H,4,8-9H2,1-3H3/t10-,11-/m0/s1. The Hall–Kier alpha value is -0.630.